The van der Waals surface area contributed by atoms with E-state index in [1.54, 1.807) is 0 Å². The maximum absolute atomic E-state index is 13.6. The Morgan fingerprint density at radius 1 is 1.03 bits per heavy atom. The van der Waals surface area contributed by atoms with Gasteiger partial charge in [-0.05, 0) is 116 Å². The molecular weight excluding hydrogens is 466 g/mol. The summed E-state index contributed by atoms with van der Waals surface area (Å²) < 4.78 is 0. The first kappa shape index (κ1) is 25.1. The first-order valence-corrected chi connectivity index (χ1v) is 14.2. The van der Waals surface area contributed by atoms with Gasteiger partial charge in [0.05, 0.1) is 11.7 Å². The number of hydrogen-bond donors (Lipinski definition) is 1. The highest BCUT2D eigenvalue weighted by Crippen LogP contribution is 2.46. The van der Waals surface area contributed by atoms with Gasteiger partial charge in [-0.25, -0.2) is 0 Å². The van der Waals surface area contributed by atoms with Crippen molar-refractivity contribution in [2.45, 2.75) is 82.7 Å². The monoisotopic (exact) mass is 505 g/mol. The van der Waals surface area contributed by atoms with Crippen LogP contribution in [-0.4, -0.2) is 29.6 Å². The van der Waals surface area contributed by atoms with Crippen molar-refractivity contribution in [3.8, 4) is 11.1 Å². The van der Waals surface area contributed by atoms with E-state index in [1.807, 2.05) is 18.0 Å². The van der Waals surface area contributed by atoms with Crippen molar-refractivity contribution in [1.29, 1.82) is 0 Å². The minimum atomic E-state index is -0.130. The van der Waals surface area contributed by atoms with Crippen molar-refractivity contribution in [3.63, 3.8) is 0 Å². The fourth-order valence-electron chi connectivity index (χ4n) is 6.53. The summed E-state index contributed by atoms with van der Waals surface area (Å²) in [6, 6.07) is 21.5. The van der Waals surface area contributed by atoms with Crippen LogP contribution in [0.1, 0.15) is 96.8 Å². The summed E-state index contributed by atoms with van der Waals surface area (Å²) in [5, 5.41) is 0. The lowest BCUT2D eigenvalue weighted by Gasteiger charge is -2.38. The van der Waals surface area contributed by atoms with Crippen molar-refractivity contribution in [1.82, 2.24) is 4.90 Å². The Balaban J connectivity index is 1.25. The Morgan fingerprint density at radius 3 is 2.37 bits per heavy atom. The number of amides is 1. The van der Waals surface area contributed by atoms with E-state index in [9.17, 15) is 4.79 Å². The third kappa shape index (κ3) is 4.39. The normalized spacial score (nSPS) is 23.0. The van der Waals surface area contributed by atoms with Gasteiger partial charge in [0.2, 0.25) is 0 Å². The first-order chi connectivity index (χ1) is 18.2. The molecule has 0 saturated heterocycles. The molecule has 0 bridgehead atoms. The molecule has 0 spiro atoms. The van der Waals surface area contributed by atoms with Gasteiger partial charge in [-0.3, -0.25) is 9.79 Å². The second kappa shape index (κ2) is 9.50. The van der Waals surface area contributed by atoms with E-state index >= 15 is 0 Å². The van der Waals surface area contributed by atoms with Crippen LogP contribution in [0.3, 0.4) is 0 Å². The number of nitrogens with two attached hydrogens (primary N) is 1. The summed E-state index contributed by atoms with van der Waals surface area (Å²) >= 11 is 0. The van der Waals surface area contributed by atoms with E-state index in [0.29, 0.717) is 11.8 Å². The Morgan fingerprint density at radius 2 is 1.74 bits per heavy atom. The molecule has 3 aromatic carbocycles. The number of aryl methyl sites for hydroxylation is 1. The Bertz CT molecular complexity index is 1410. The highest BCUT2D eigenvalue weighted by atomic mass is 16.2. The van der Waals surface area contributed by atoms with Gasteiger partial charge in [-0.15, -0.1) is 0 Å². The van der Waals surface area contributed by atoms with Crippen molar-refractivity contribution in [2.24, 2.45) is 10.7 Å². The molecule has 2 fully saturated rings. The summed E-state index contributed by atoms with van der Waals surface area (Å²) in [5.74, 6) is 1.05. The minimum absolute atomic E-state index is 0.0290. The predicted octanol–water partition coefficient (Wildman–Crippen LogP) is 7.62. The van der Waals surface area contributed by atoms with Crippen molar-refractivity contribution in [2.75, 3.05) is 7.05 Å². The van der Waals surface area contributed by atoms with E-state index in [2.05, 4.69) is 75.4 Å². The molecule has 2 N–H and O–H groups in total. The molecule has 0 aromatic heterocycles. The topological polar surface area (TPSA) is 58.7 Å². The quantitative estimate of drug-likeness (QED) is 0.363. The summed E-state index contributed by atoms with van der Waals surface area (Å²) in [4.78, 5) is 20.6. The number of hydrogen-bond acceptors (Lipinski definition) is 3. The Labute approximate surface area is 227 Å². The molecule has 4 heteroatoms. The number of carbonyl (C=O) groups is 1. The van der Waals surface area contributed by atoms with Gasteiger partial charge < -0.3 is 10.6 Å². The van der Waals surface area contributed by atoms with Gasteiger partial charge in [0.1, 0.15) is 0 Å². The zero-order valence-electron chi connectivity index (χ0n) is 23.1. The number of carbonyl (C=O) groups excluding carboxylic acids is 1. The molecule has 4 nitrogen and oxygen atoms in total. The van der Waals surface area contributed by atoms with Crippen molar-refractivity contribution in [3.05, 3.63) is 88.5 Å². The molecule has 6 rings (SSSR count). The molecule has 2 aliphatic carbocycles. The van der Waals surface area contributed by atoms with Gasteiger partial charge in [-0.2, -0.15) is 0 Å². The van der Waals surface area contributed by atoms with E-state index in [-0.39, 0.29) is 17.5 Å². The molecule has 2 saturated carbocycles. The van der Waals surface area contributed by atoms with Crippen LogP contribution in [0, 0.1) is 6.92 Å². The van der Waals surface area contributed by atoms with Crippen LogP contribution in [0.15, 0.2) is 65.7 Å². The van der Waals surface area contributed by atoms with Gasteiger partial charge in [0.15, 0.2) is 0 Å². The average Bonchev–Trinajstić information content (AvgIpc) is 3.76. The van der Waals surface area contributed by atoms with E-state index in [4.69, 9.17) is 10.7 Å². The third-order valence-electron chi connectivity index (χ3n) is 9.26. The van der Waals surface area contributed by atoms with Crippen LogP contribution in [0.25, 0.3) is 11.1 Å². The van der Waals surface area contributed by atoms with E-state index in [1.165, 1.54) is 47.1 Å². The van der Waals surface area contributed by atoms with Crippen LogP contribution < -0.4 is 5.73 Å². The summed E-state index contributed by atoms with van der Waals surface area (Å²) in [7, 11) is 1.94. The van der Waals surface area contributed by atoms with Gasteiger partial charge in [0.25, 0.3) is 5.91 Å². The third-order valence-corrected chi connectivity index (χ3v) is 9.26. The van der Waals surface area contributed by atoms with E-state index < -0.39 is 0 Å². The van der Waals surface area contributed by atoms with E-state index in [0.717, 1.165) is 41.8 Å². The van der Waals surface area contributed by atoms with Crippen molar-refractivity contribution >= 4 is 17.3 Å². The smallest absolute Gasteiger partial charge is 0.254 e. The average molecular weight is 506 g/mol. The Hall–Kier alpha value is -3.24. The molecular formula is C34H39N3O. The summed E-state index contributed by atoms with van der Waals surface area (Å²) in [5.41, 5.74) is 16.6. The zero-order chi connectivity index (χ0) is 26.6. The molecule has 1 heterocycles. The van der Waals surface area contributed by atoms with Crippen LogP contribution in [0.4, 0.5) is 5.69 Å². The molecule has 38 heavy (non-hydrogen) atoms. The molecule has 0 radical (unpaired) electrons. The second-order valence-corrected chi connectivity index (χ2v) is 12.0. The zero-order valence-corrected chi connectivity index (χ0v) is 23.1. The summed E-state index contributed by atoms with van der Waals surface area (Å²) in [6.07, 6.45) is 6.74. The highest BCUT2D eigenvalue weighted by molar-refractivity contribution is 6.01. The van der Waals surface area contributed by atoms with Crippen LogP contribution in [0.2, 0.25) is 0 Å². The largest absolute Gasteiger partial charge is 0.333 e. The lowest BCUT2D eigenvalue weighted by molar-refractivity contribution is 0.0772. The SMILES string of the molecule is CC(=Nc1ccc(-c2ccc(C3(N)CCC3)cc2)cc1C)C1CC(C)c2c(cccc2C2CC2)C(=O)N1C. The highest BCUT2D eigenvalue weighted by Gasteiger charge is 2.37. The first-order valence-electron chi connectivity index (χ1n) is 14.2. The molecule has 196 valence electrons. The lowest BCUT2D eigenvalue weighted by Crippen LogP contribution is -2.43. The molecule has 3 aliphatic rings. The standard InChI is InChI=1S/C34H39N3O/c1-21-19-26(24-11-14-27(15-12-24)34(35)17-6-18-34)13-16-30(21)36-23(3)31-20-22(2)32-28(25-9-10-25)7-5-8-29(32)33(38)37(31)4/h5,7-8,11-16,19,22,25,31H,6,9-10,17-18,20,35H2,1-4H3. The molecule has 2 unspecified atom stereocenters. The minimum Gasteiger partial charge on any atom is -0.333 e. The maximum atomic E-state index is 13.6. The van der Waals surface area contributed by atoms with Gasteiger partial charge >= 0.3 is 0 Å². The van der Waals surface area contributed by atoms with Crippen LogP contribution in [0.5, 0.6) is 0 Å². The fraction of sp³-hybridized carbons (Fsp3) is 0.412. The number of fused-ring (bicyclic) bond motifs is 1. The van der Waals surface area contributed by atoms with Gasteiger partial charge in [0, 0.05) is 23.9 Å². The molecule has 2 atom stereocenters. The second-order valence-electron chi connectivity index (χ2n) is 12.0. The van der Waals surface area contributed by atoms with Gasteiger partial charge in [-0.1, -0.05) is 49.4 Å². The maximum Gasteiger partial charge on any atom is 0.254 e. The molecule has 3 aromatic rings. The van der Waals surface area contributed by atoms with Crippen molar-refractivity contribution < 1.29 is 4.79 Å². The number of benzene rings is 3. The molecule has 1 aliphatic heterocycles. The fourth-order valence-corrected chi connectivity index (χ4v) is 6.53. The number of rotatable bonds is 5. The molecule has 1 amide bonds. The van der Waals surface area contributed by atoms with Crippen LogP contribution >= 0.6 is 0 Å². The predicted molar refractivity (Wildman–Crippen MR) is 156 cm³/mol. The van der Waals surface area contributed by atoms with Crippen LogP contribution in [-0.2, 0) is 5.54 Å². The number of nitrogens with zero attached hydrogens (tertiary/aromatic N) is 2. The summed E-state index contributed by atoms with van der Waals surface area (Å²) in [6.45, 7) is 6.48. The lowest BCUT2D eigenvalue weighted by atomic mass is 9.72. The number of aliphatic imine (C=N–C) groups is 1. The Kier molecular flexibility index (Phi) is 6.26.